The summed E-state index contributed by atoms with van der Waals surface area (Å²) in [4.78, 5) is 23.1. The summed E-state index contributed by atoms with van der Waals surface area (Å²) in [7, 11) is 0. The van der Waals surface area contributed by atoms with Gasteiger partial charge in [0.15, 0.2) is 6.61 Å². The Hall–Kier alpha value is -0.930. The molecule has 4 aliphatic carbocycles. The van der Waals surface area contributed by atoms with Crippen molar-refractivity contribution in [1.82, 2.24) is 0 Å². The van der Waals surface area contributed by atoms with E-state index in [1.807, 2.05) is 6.92 Å². The van der Waals surface area contributed by atoms with Crippen LogP contribution in [0.15, 0.2) is 0 Å². The van der Waals surface area contributed by atoms with E-state index in [2.05, 4.69) is 9.07 Å². The minimum Gasteiger partial charge on any atom is -0.710 e. The van der Waals surface area contributed by atoms with Crippen LogP contribution in [0.3, 0.4) is 0 Å². The molecule has 0 aromatic carbocycles. The molecule has 4 bridgehead atoms. The molecule has 0 saturated heterocycles. The van der Waals surface area contributed by atoms with Crippen LogP contribution in [0.2, 0.25) is 0 Å². The smallest absolute Gasteiger partial charge is 0.412 e. The van der Waals surface area contributed by atoms with Crippen molar-refractivity contribution in [2.24, 2.45) is 23.7 Å². The first-order valence-electron chi connectivity index (χ1n) is 7.99. The van der Waals surface area contributed by atoms with Crippen LogP contribution in [0.1, 0.15) is 39.0 Å². The van der Waals surface area contributed by atoms with Gasteiger partial charge in [0, 0.05) is 0 Å². The molecular weight excluding hydrogens is 346 g/mol. The molecule has 4 fully saturated rings. The van der Waals surface area contributed by atoms with E-state index >= 15 is 0 Å². The summed E-state index contributed by atoms with van der Waals surface area (Å²) >= 11 is -0.869. The second-order valence-corrected chi connectivity index (χ2v) is 8.02. The highest BCUT2D eigenvalue weighted by Crippen LogP contribution is 2.59. The molecule has 0 aliphatic heterocycles. The first-order valence-corrected chi connectivity index (χ1v) is 8.73. The van der Waals surface area contributed by atoms with E-state index in [-0.39, 0.29) is 11.8 Å². The van der Waals surface area contributed by atoms with E-state index in [9.17, 15) is 23.6 Å². The molecule has 6 nitrogen and oxygen atoms in total. The molecule has 24 heavy (non-hydrogen) atoms. The van der Waals surface area contributed by atoms with Crippen LogP contribution in [-0.4, -0.2) is 29.4 Å². The average molecular weight is 365 g/mol. The molecule has 136 valence electrons. The van der Waals surface area contributed by atoms with Crippen molar-refractivity contribution in [3.8, 4) is 0 Å². The number of carbonyl (C=O) groups is 2. The Bertz CT molecular complexity index is 498. The normalized spacial score (nSPS) is 37.3. The Morgan fingerprint density at radius 3 is 2.21 bits per heavy atom. The molecule has 0 spiro atoms. The molecule has 0 atom stereocenters. The Balaban J connectivity index is 1.54. The van der Waals surface area contributed by atoms with E-state index in [1.54, 1.807) is 0 Å². The van der Waals surface area contributed by atoms with Gasteiger partial charge >= 0.3 is 17.2 Å². The fourth-order valence-corrected chi connectivity index (χ4v) is 5.06. The molecule has 0 aromatic heterocycles. The second kappa shape index (κ2) is 6.42. The molecule has 4 saturated carbocycles. The quantitative estimate of drug-likeness (QED) is 0.307. The number of alkyl halides is 2. The number of carbonyl (C=O) groups excluding carboxylic acids is 2. The van der Waals surface area contributed by atoms with Gasteiger partial charge in [-0.3, -0.25) is 0 Å². The number of halogens is 2. The van der Waals surface area contributed by atoms with Gasteiger partial charge in [0.25, 0.3) is 0 Å². The van der Waals surface area contributed by atoms with Gasteiger partial charge in [0.05, 0.1) is 12.0 Å². The van der Waals surface area contributed by atoms with Gasteiger partial charge in [-0.1, -0.05) is 0 Å². The second-order valence-electron chi connectivity index (χ2n) is 7.21. The molecule has 0 heterocycles. The van der Waals surface area contributed by atoms with Gasteiger partial charge in [-0.05, 0) is 62.7 Å². The summed E-state index contributed by atoms with van der Waals surface area (Å²) in [6.07, 6.45) is 5.33. The molecule has 9 heteroatoms. The Morgan fingerprint density at radius 1 is 1.17 bits per heavy atom. The molecule has 0 radical (unpaired) electrons. The van der Waals surface area contributed by atoms with Crippen LogP contribution < -0.4 is 5.26 Å². The minimum absolute atomic E-state index is 0.277. The highest BCUT2D eigenvalue weighted by atomic mass is 32.2. The number of hydrogen-bond donors (Lipinski definition) is 0. The van der Waals surface area contributed by atoms with Crippen LogP contribution in [0.25, 0.3) is 0 Å². The lowest BCUT2D eigenvalue weighted by Crippen LogP contribution is -2.58. The summed E-state index contributed by atoms with van der Waals surface area (Å²) in [6, 6.07) is 0. The highest BCUT2D eigenvalue weighted by molar-refractivity contribution is 7.96. The maximum absolute atomic E-state index is 13.0. The van der Waals surface area contributed by atoms with Crippen molar-refractivity contribution in [2.75, 3.05) is 6.61 Å². The minimum atomic E-state index is -4.16. The van der Waals surface area contributed by atoms with Crippen molar-refractivity contribution in [2.45, 2.75) is 49.9 Å². The highest BCUT2D eigenvalue weighted by Gasteiger charge is 2.57. The zero-order valence-electron chi connectivity index (χ0n) is 13.2. The summed E-state index contributed by atoms with van der Waals surface area (Å²) in [5.41, 5.74) is -0.619. The van der Waals surface area contributed by atoms with Crippen molar-refractivity contribution >= 4 is 24.0 Å². The maximum atomic E-state index is 13.0. The Kier molecular flexibility index (Phi) is 4.78. The Labute approximate surface area is 142 Å². The number of rotatable bonds is 6. The third-order valence-electron chi connectivity index (χ3n) is 5.79. The molecule has 0 aromatic rings. The number of hydrogen-bond acceptors (Lipinski definition) is 7. The molecule has 0 N–H and O–H groups in total. The molecule has 0 amide bonds. The van der Waals surface area contributed by atoms with Gasteiger partial charge in [0.1, 0.15) is 5.60 Å². The zero-order chi connectivity index (χ0) is 17.5. The van der Waals surface area contributed by atoms with Gasteiger partial charge in [-0.25, -0.2) is 9.59 Å². The van der Waals surface area contributed by atoms with Gasteiger partial charge in [-0.2, -0.15) is 8.78 Å². The van der Waals surface area contributed by atoms with Crippen molar-refractivity contribution in [1.29, 1.82) is 0 Å². The first kappa shape index (κ1) is 17.9. The zero-order valence-corrected chi connectivity index (χ0v) is 14.0. The molecule has 4 rings (SSSR count). The average Bonchev–Trinajstić information content (AvgIpc) is 2.49. The van der Waals surface area contributed by atoms with Crippen molar-refractivity contribution < 1.29 is 37.4 Å². The van der Waals surface area contributed by atoms with Gasteiger partial charge in [-0.15, -0.1) is 0 Å². The summed E-state index contributed by atoms with van der Waals surface area (Å²) in [5.74, 6) is -0.906. The van der Waals surface area contributed by atoms with Crippen LogP contribution in [-0.2, 0) is 23.4 Å². The SMILES string of the molecule is CC1(OC(=O)COC(=O)C(F)(F)SO[O-])C2CC3CC(C2)CC1C3. The van der Waals surface area contributed by atoms with E-state index in [0.717, 1.165) is 25.7 Å². The Morgan fingerprint density at radius 2 is 1.71 bits per heavy atom. The number of ether oxygens (including phenoxy) is 2. The predicted molar refractivity (Wildman–Crippen MR) is 76.1 cm³/mol. The van der Waals surface area contributed by atoms with E-state index < -0.39 is 41.4 Å². The monoisotopic (exact) mass is 365 g/mol. The topological polar surface area (TPSA) is 84.9 Å². The summed E-state index contributed by atoms with van der Waals surface area (Å²) in [6.45, 7) is 0.991. The largest absolute Gasteiger partial charge is 0.710 e. The third kappa shape index (κ3) is 3.25. The van der Waals surface area contributed by atoms with E-state index in [4.69, 9.17) is 4.74 Å². The molecule has 4 aliphatic rings. The standard InChI is InChI=1S/C15H20F2O6S/c1-14(10-3-8-2-9(5-10)6-11(14)4-8)22-12(18)7-21-13(19)15(16,17)24-23-20/h8-11,20H,2-7H2,1H3/p-1. The first-order chi connectivity index (χ1) is 11.2. The van der Waals surface area contributed by atoms with E-state index in [1.165, 1.54) is 6.42 Å². The van der Waals surface area contributed by atoms with Crippen LogP contribution in [0.5, 0.6) is 0 Å². The fourth-order valence-electron chi connectivity index (χ4n) is 4.85. The van der Waals surface area contributed by atoms with Gasteiger partial charge in [0.2, 0.25) is 0 Å². The van der Waals surface area contributed by atoms with Crippen molar-refractivity contribution in [3.63, 3.8) is 0 Å². The fraction of sp³-hybridized carbons (Fsp3) is 0.867. The van der Waals surface area contributed by atoms with E-state index in [0.29, 0.717) is 11.8 Å². The lowest BCUT2D eigenvalue weighted by molar-refractivity contribution is -0.630. The molecular formula is C15H19F2O6S-. The lowest BCUT2D eigenvalue weighted by atomic mass is 9.50. The third-order valence-corrected chi connectivity index (χ3v) is 6.23. The van der Waals surface area contributed by atoms with Crippen LogP contribution >= 0.6 is 12.0 Å². The maximum Gasteiger partial charge on any atom is 0.412 e. The molecule has 0 unspecified atom stereocenters. The van der Waals surface area contributed by atoms with Crippen molar-refractivity contribution in [3.05, 3.63) is 0 Å². The lowest BCUT2D eigenvalue weighted by Gasteiger charge is -2.59. The summed E-state index contributed by atoms with van der Waals surface area (Å²) < 4.78 is 38.9. The van der Waals surface area contributed by atoms with Crippen LogP contribution in [0.4, 0.5) is 8.78 Å². The van der Waals surface area contributed by atoms with Gasteiger partial charge < -0.3 is 19.1 Å². The summed E-state index contributed by atoms with van der Waals surface area (Å²) in [5, 5.41) is 5.56. The predicted octanol–water partition coefficient (Wildman–Crippen LogP) is 1.82. The number of esters is 2. The van der Waals surface area contributed by atoms with Crippen LogP contribution in [0, 0.1) is 23.7 Å².